The SMILES string of the molecule is Cc1cc(C2CCOCC2)oc(=O)c1C(=O)N(C)Cc1nc2ccccc2n1C. The Kier molecular flexibility index (Phi) is 5.24. The molecule has 0 saturated carbocycles. The van der Waals surface area contributed by atoms with Crippen LogP contribution in [0.15, 0.2) is 39.5 Å². The minimum absolute atomic E-state index is 0.0853. The van der Waals surface area contributed by atoms with Gasteiger partial charge < -0.3 is 18.6 Å². The second-order valence-corrected chi connectivity index (χ2v) is 7.62. The van der Waals surface area contributed by atoms with E-state index in [1.165, 1.54) is 4.90 Å². The molecule has 3 aromatic rings. The van der Waals surface area contributed by atoms with E-state index in [1.54, 1.807) is 14.0 Å². The van der Waals surface area contributed by atoms with E-state index in [1.807, 2.05) is 41.9 Å². The highest BCUT2D eigenvalue weighted by Crippen LogP contribution is 2.27. The van der Waals surface area contributed by atoms with Crippen LogP contribution < -0.4 is 5.63 Å². The van der Waals surface area contributed by atoms with E-state index >= 15 is 0 Å². The fourth-order valence-electron chi connectivity index (χ4n) is 3.88. The third-order valence-corrected chi connectivity index (χ3v) is 5.61. The van der Waals surface area contributed by atoms with Crippen LogP contribution in [0.2, 0.25) is 0 Å². The number of aromatic nitrogens is 2. The van der Waals surface area contributed by atoms with Crippen molar-refractivity contribution >= 4 is 16.9 Å². The average Bonchev–Trinajstić information content (AvgIpc) is 3.03. The van der Waals surface area contributed by atoms with Crippen LogP contribution in [0, 0.1) is 6.92 Å². The smallest absolute Gasteiger partial charge is 0.349 e. The molecule has 29 heavy (non-hydrogen) atoms. The number of imidazole rings is 1. The molecule has 1 aliphatic heterocycles. The van der Waals surface area contributed by atoms with Crippen molar-refractivity contribution in [3.05, 3.63) is 63.5 Å². The van der Waals surface area contributed by atoms with Crippen molar-refractivity contribution in [1.29, 1.82) is 0 Å². The number of para-hydroxylation sites is 2. The van der Waals surface area contributed by atoms with E-state index in [9.17, 15) is 9.59 Å². The van der Waals surface area contributed by atoms with Gasteiger partial charge in [0, 0.05) is 33.2 Å². The molecule has 1 saturated heterocycles. The summed E-state index contributed by atoms with van der Waals surface area (Å²) in [7, 11) is 3.60. The molecule has 152 valence electrons. The number of hydrogen-bond acceptors (Lipinski definition) is 5. The molecule has 1 aromatic carbocycles. The number of rotatable bonds is 4. The molecule has 0 bridgehead atoms. The molecule has 7 heteroatoms. The minimum atomic E-state index is -0.576. The fourth-order valence-corrected chi connectivity index (χ4v) is 3.88. The lowest BCUT2D eigenvalue weighted by molar-refractivity contribution is 0.0761. The predicted molar refractivity (Wildman–Crippen MR) is 109 cm³/mol. The number of carbonyl (C=O) groups is 1. The summed E-state index contributed by atoms with van der Waals surface area (Å²) < 4.78 is 12.9. The van der Waals surface area contributed by atoms with Gasteiger partial charge >= 0.3 is 5.63 Å². The van der Waals surface area contributed by atoms with Crippen molar-refractivity contribution in [3.8, 4) is 0 Å². The Bertz CT molecular complexity index is 1110. The molecular weight excluding hydrogens is 370 g/mol. The highest BCUT2D eigenvalue weighted by atomic mass is 16.5. The summed E-state index contributed by atoms with van der Waals surface area (Å²) in [6, 6.07) is 9.64. The number of benzene rings is 1. The largest absolute Gasteiger partial charge is 0.427 e. The first kappa shape index (κ1) is 19.4. The third-order valence-electron chi connectivity index (χ3n) is 5.61. The third kappa shape index (κ3) is 3.70. The average molecular weight is 395 g/mol. The molecule has 2 aromatic heterocycles. The van der Waals surface area contributed by atoms with Crippen molar-refractivity contribution < 1.29 is 13.9 Å². The predicted octanol–water partition coefficient (Wildman–Crippen LogP) is 3.00. The van der Waals surface area contributed by atoms with Crippen LogP contribution in [0.1, 0.15) is 46.3 Å². The lowest BCUT2D eigenvalue weighted by Gasteiger charge is -2.22. The van der Waals surface area contributed by atoms with Gasteiger partial charge in [0.1, 0.15) is 17.1 Å². The Morgan fingerprint density at radius 2 is 2.00 bits per heavy atom. The summed E-state index contributed by atoms with van der Waals surface area (Å²) >= 11 is 0. The number of nitrogens with zero attached hydrogens (tertiary/aromatic N) is 3. The zero-order valence-corrected chi connectivity index (χ0v) is 17.0. The number of fused-ring (bicyclic) bond motifs is 1. The van der Waals surface area contributed by atoms with Crippen LogP contribution in [0.5, 0.6) is 0 Å². The highest BCUT2D eigenvalue weighted by Gasteiger charge is 2.25. The molecule has 0 atom stereocenters. The van der Waals surface area contributed by atoms with Crippen LogP contribution in [0.3, 0.4) is 0 Å². The van der Waals surface area contributed by atoms with E-state index in [0.29, 0.717) is 31.1 Å². The van der Waals surface area contributed by atoms with Gasteiger partial charge in [-0.1, -0.05) is 12.1 Å². The first-order valence-corrected chi connectivity index (χ1v) is 9.84. The first-order valence-electron chi connectivity index (χ1n) is 9.84. The Morgan fingerprint density at radius 3 is 2.69 bits per heavy atom. The van der Waals surface area contributed by atoms with Gasteiger partial charge in [-0.25, -0.2) is 9.78 Å². The quantitative estimate of drug-likeness (QED) is 0.679. The molecule has 0 unspecified atom stereocenters. The number of amides is 1. The minimum Gasteiger partial charge on any atom is -0.427 e. The molecule has 7 nitrogen and oxygen atoms in total. The lowest BCUT2D eigenvalue weighted by atomic mass is 9.95. The maximum absolute atomic E-state index is 13.0. The first-order chi connectivity index (χ1) is 14.0. The summed E-state index contributed by atoms with van der Waals surface area (Å²) in [5, 5.41) is 0. The molecule has 0 spiro atoms. The fraction of sp³-hybridized carbons (Fsp3) is 0.409. The number of carbonyl (C=O) groups excluding carboxylic acids is 1. The van der Waals surface area contributed by atoms with Crippen molar-refractivity contribution in [1.82, 2.24) is 14.5 Å². The van der Waals surface area contributed by atoms with E-state index in [4.69, 9.17) is 9.15 Å². The molecule has 3 heterocycles. The molecule has 1 amide bonds. The maximum Gasteiger partial charge on any atom is 0.349 e. The van der Waals surface area contributed by atoms with Crippen molar-refractivity contribution in [2.24, 2.45) is 7.05 Å². The number of aryl methyl sites for hydroxylation is 2. The number of ether oxygens (including phenoxy) is 1. The van der Waals surface area contributed by atoms with Gasteiger partial charge in [-0.15, -0.1) is 0 Å². The Morgan fingerprint density at radius 1 is 1.28 bits per heavy atom. The number of hydrogen-bond donors (Lipinski definition) is 0. The van der Waals surface area contributed by atoms with Crippen LogP contribution in [-0.4, -0.2) is 40.6 Å². The zero-order valence-electron chi connectivity index (χ0n) is 17.0. The van der Waals surface area contributed by atoms with E-state index in [2.05, 4.69) is 4.98 Å². The second kappa shape index (κ2) is 7.83. The van der Waals surface area contributed by atoms with Crippen molar-refractivity contribution in [2.75, 3.05) is 20.3 Å². The lowest BCUT2D eigenvalue weighted by Crippen LogP contribution is -2.32. The van der Waals surface area contributed by atoms with Crippen molar-refractivity contribution in [3.63, 3.8) is 0 Å². The molecule has 0 N–H and O–H groups in total. The van der Waals surface area contributed by atoms with Gasteiger partial charge in [-0.2, -0.15) is 0 Å². The summed E-state index contributed by atoms with van der Waals surface area (Å²) in [5.74, 6) is 1.20. The van der Waals surface area contributed by atoms with E-state index < -0.39 is 5.63 Å². The van der Waals surface area contributed by atoms with Crippen LogP contribution in [0.25, 0.3) is 11.0 Å². The molecule has 0 aliphatic carbocycles. The molecular formula is C22H25N3O4. The molecule has 1 fully saturated rings. The Hall–Kier alpha value is -2.93. The van der Waals surface area contributed by atoms with Crippen molar-refractivity contribution in [2.45, 2.75) is 32.2 Å². The zero-order chi connectivity index (χ0) is 20.5. The highest BCUT2D eigenvalue weighted by molar-refractivity contribution is 5.95. The Labute approximate surface area is 168 Å². The summed E-state index contributed by atoms with van der Waals surface area (Å²) in [6.45, 7) is 3.41. The molecule has 4 rings (SSSR count). The molecule has 1 aliphatic rings. The normalized spacial score (nSPS) is 15.0. The van der Waals surface area contributed by atoms with Crippen LogP contribution in [-0.2, 0) is 18.3 Å². The standard InChI is InChI=1S/C22H25N3O4/c1-14-12-18(15-8-10-28-11-9-15)29-22(27)20(14)21(26)24(2)13-19-23-16-6-4-5-7-17(16)25(19)3/h4-7,12,15H,8-11,13H2,1-3H3. The van der Waals surface area contributed by atoms with Gasteiger partial charge in [0.15, 0.2) is 0 Å². The topological polar surface area (TPSA) is 77.6 Å². The van der Waals surface area contributed by atoms with Crippen LogP contribution in [0.4, 0.5) is 0 Å². The monoisotopic (exact) mass is 395 g/mol. The maximum atomic E-state index is 13.0. The van der Waals surface area contributed by atoms with Gasteiger partial charge in [0.05, 0.1) is 17.6 Å². The van der Waals surface area contributed by atoms with Gasteiger partial charge in [0.2, 0.25) is 0 Å². The van der Waals surface area contributed by atoms with Gasteiger partial charge in [-0.05, 0) is 43.5 Å². The summed E-state index contributed by atoms with van der Waals surface area (Å²) in [6.07, 6.45) is 1.64. The molecule has 0 radical (unpaired) electrons. The summed E-state index contributed by atoms with van der Waals surface area (Å²) in [4.78, 5) is 31.8. The van der Waals surface area contributed by atoms with Gasteiger partial charge in [0.25, 0.3) is 5.91 Å². The van der Waals surface area contributed by atoms with E-state index in [-0.39, 0.29) is 17.4 Å². The van der Waals surface area contributed by atoms with E-state index in [0.717, 1.165) is 29.7 Å². The summed E-state index contributed by atoms with van der Waals surface area (Å²) in [5.41, 5.74) is 2.03. The second-order valence-electron chi connectivity index (χ2n) is 7.62. The van der Waals surface area contributed by atoms with Crippen LogP contribution >= 0.6 is 0 Å². The Balaban J connectivity index is 1.58. The van der Waals surface area contributed by atoms with Gasteiger partial charge in [-0.3, -0.25) is 4.79 Å².